The Hall–Kier alpha value is -1.72. The van der Waals surface area contributed by atoms with Crippen molar-refractivity contribution in [1.82, 2.24) is 4.98 Å². The predicted octanol–water partition coefficient (Wildman–Crippen LogP) is 5.50. The van der Waals surface area contributed by atoms with Crippen LogP contribution in [-0.2, 0) is 17.6 Å². The van der Waals surface area contributed by atoms with Gasteiger partial charge in [0, 0.05) is 16.4 Å². The Morgan fingerprint density at radius 2 is 1.96 bits per heavy atom. The Balaban J connectivity index is 1.85. The van der Waals surface area contributed by atoms with Crippen molar-refractivity contribution in [3.8, 4) is 10.6 Å². The number of benzene rings is 1. The lowest BCUT2D eigenvalue weighted by atomic mass is 9.95. The molecule has 3 aromatic rings. The van der Waals surface area contributed by atoms with Crippen LogP contribution in [0.25, 0.3) is 20.8 Å². The van der Waals surface area contributed by atoms with Crippen molar-refractivity contribution < 1.29 is 4.79 Å². The first-order valence-corrected chi connectivity index (χ1v) is 10.1. The second kappa shape index (κ2) is 6.30. The van der Waals surface area contributed by atoms with Crippen molar-refractivity contribution in [3.05, 3.63) is 34.7 Å². The maximum atomic E-state index is 12.3. The van der Waals surface area contributed by atoms with E-state index in [4.69, 9.17) is 4.98 Å². The van der Waals surface area contributed by atoms with Crippen LogP contribution in [0, 0.1) is 5.92 Å². The Morgan fingerprint density at radius 3 is 2.75 bits per heavy atom. The number of nitrogens with one attached hydrogen (secondary N) is 1. The van der Waals surface area contributed by atoms with E-state index in [9.17, 15) is 4.79 Å². The van der Waals surface area contributed by atoms with E-state index in [1.165, 1.54) is 33.5 Å². The van der Waals surface area contributed by atoms with E-state index in [0.717, 1.165) is 28.4 Å². The van der Waals surface area contributed by atoms with Crippen molar-refractivity contribution in [3.63, 3.8) is 0 Å². The van der Waals surface area contributed by atoms with Crippen LogP contribution in [-0.4, -0.2) is 10.9 Å². The summed E-state index contributed by atoms with van der Waals surface area (Å²) in [4.78, 5) is 18.5. The number of hydrogen-bond donors (Lipinski definition) is 1. The fourth-order valence-electron chi connectivity index (χ4n) is 3.12. The number of para-hydroxylation sites is 1. The Kier molecular flexibility index (Phi) is 4.14. The summed E-state index contributed by atoms with van der Waals surface area (Å²) in [5, 5.41) is 5.18. The standard InChI is InChI=1S/C19H20N2OS2/c1-11(2)17(22)21-19-16(12-7-3-5-9-14(12)23-19)18-20-13-8-4-6-10-15(13)24-18/h4,6,8,10-11H,3,5,7,9H2,1-2H3,(H,21,22). The third-order valence-corrected chi connectivity index (χ3v) is 6.70. The molecule has 24 heavy (non-hydrogen) atoms. The maximum absolute atomic E-state index is 12.3. The highest BCUT2D eigenvalue weighted by molar-refractivity contribution is 7.22. The summed E-state index contributed by atoms with van der Waals surface area (Å²) in [6, 6.07) is 8.24. The highest BCUT2D eigenvalue weighted by Gasteiger charge is 2.25. The molecule has 0 saturated carbocycles. The van der Waals surface area contributed by atoms with Crippen LogP contribution >= 0.6 is 22.7 Å². The lowest BCUT2D eigenvalue weighted by molar-refractivity contribution is -0.118. The summed E-state index contributed by atoms with van der Waals surface area (Å²) in [6.45, 7) is 3.86. The number of rotatable bonds is 3. The van der Waals surface area contributed by atoms with Crippen LogP contribution in [0.15, 0.2) is 24.3 Å². The van der Waals surface area contributed by atoms with E-state index in [-0.39, 0.29) is 11.8 Å². The molecule has 124 valence electrons. The highest BCUT2D eigenvalue weighted by atomic mass is 32.1. The molecule has 0 radical (unpaired) electrons. The number of carbonyl (C=O) groups is 1. The van der Waals surface area contributed by atoms with Gasteiger partial charge in [-0.1, -0.05) is 26.0 Å². The SMILES string of the molecule is CC(C)C(=O)Nc1sc2c(c1-c1nc3ccccc3s1)CCCC2. The van der Waals surface area contributed by atoms with E-state index in [2.05, 4.69) is 23.5 Å². The summed E-state index contributed by atoms with van der Waals surface area (Å²) in [7, 11) is 0. The van der Waals surface area contributed by atoms with Gasteiger partial charge in [-0.15, -0.1) is 22.7 Å². The first-order chi connectivity index (χ1) is 11.6. The number of hydrogen-bond acceptors (Lipinski definition) is 4. The van der Waals surface area contributed by atoms with E-state index in [0.29, 0.717) is 0 Å². The quantitative estimate of drug-likeness (QED) is 0.673. The number of fused-ring (bicyclic) bond motifs is 2. The van der Waals surface area contributed by atoms with E-state index < -0.39 is 0 Å². The zero-order valence-corrected chi connectivity index (χ0v) is 15.5. The zero-order chi connectivity index (χ0) is 16.7. The number of amides is 1. The van der Waals surface area contributed by atoms with Crippen molar-refractivity contribution in [2.45, 2.75) is 39.5 Å². The molecule has 2 aromatic heterocycles. The van der Waals surface area contributed by atoms with Crippen molar-refractivity contribution in [1.29, 1.82) is 0 Å². The third kappa shape index (κ3) is 2.76. The molecule has 3 nitrogen and oxygen atoms in total. The van der Waals surface area contributed by atoms with Crippen LogP contribution < -0.4 is 5.32 Å². The smallest absolute Gasteiger partial charge is 0.227 e. The fraction of sp³-hybridized carbons (Fsp3) is 0.368. The molecule has 2 heterocycles. The molecule has 0 fully saturated rings. The minimum atomic E-state index is -0.0210. The second-order valence-corrected chi connectivity index (χ2v) is 8.68. The van der Waals surface area contributed by atoms with Gasteiger partial charge in [0.15, 0.2) is 0 Å². The summed E-state index contributed by atoms with van der Waals surface area (Å²) in [5.74, 6) is 0.0586. The van der Waals surface area contributed by atoms with Gasteiger partial charge >= 0.3 is 0 Å². The number of thiophene rings is 1. The predicted molar refractivity (Wildman–Crippen MR) is 103 cm³/mol. The molecule has 0 bridgehead atoms. The first-order valence-electron chi connectivity index (χ1n) is 8.45. The molecule has 1 amide bonds. The van der Waals surface area contributed by atoms with Crippen LogP contribution in [0.4, 0.5) is 5.00 Å². The van der Waals surface area contributed by atoms with Gasteiger partial charge < -0.3 is 5.32 Å². The van der Waals surface area contributed by atoms with Crippen LogP contribution in [0.5, 0.6) is 0 Å². The molecule has 1 aromatic carbocycles. The Labute approximate surface area is 149 Å². The van der Waals surface area contributed by atoms with E-state index in [1.54, 1.807) is 22.7 Å². The van der Waals surface area contributed by atoms with Gasteiger partial charge in [-0.25, -0.2) is 4.98 Å². The average Bonchev–Trinajstić information content (AvgIpc) is 3.14. The molecule has 1 aliphatic carbocycles. The monoisotopic (exact) mass is 356 g/mol. The van der Waals surface area contributed by atoms with Crippen molar-refractivity contribution in [2.24, 2.45) is 5.92 Å². The molecule has 0 unspecified atom stereocenters. The molecule has 0 atom stereocenters. The van der Waals surface area contributed by atoms with Crippen molar-refractivity contribution >= 4 is 43.8 Å². The zero-order valence-electron chi connectivity index (χ0n) is 13.9. The summed E-state index contributed by atoms with van der Waals surface area (Å²) in [5.41, 5.74) is 3.61. The van der Waals surface area contributed by atoms with Gasteiger partial charge in [-0.3, -0.25) is 4.79 Å². The molecule has 1 N–H and O–H groups in total. The number of aryl methyl sites for hydroxylation is 1. The van der Waals surface area contributed by atoms with Gasteiger partial charge in [0.1, 0.15) is 10.0 Å². The van der Waals surface area contributed by atoms with Gasteiger partial charge in [0.25, 0.3) is 0 Å². The maximum Gasteiger partial charge on any atom is 0.227 e. The fourth-order valence-corrected chi connectivity index (χ4v) is 5.52. The minimum Gasteiger partial charge on any atom is -0.317 e. The Morgan fingerprint density at radius 1 is 1.17 bits per heavy atom. The second-order valence-electron chi connectivity index (χ2n) is 6.55. The number of nitrogens with zero attached hydrogens (tertiary/aromatic N) is 1. The van der Waals surface area contributed by atoms with E-state index >= 15 is 0 Å². The van der Waals surface area contributed by atoms with Gasteiger partial charge in [0.05, 0.1) is 10.2 Å². The summed E-state index contributed by atoms with van der Waals surface area (Å²) in [6.07, 6.45) is 4.67. The topological polar surface area (TPSA) is 42.0 Å². The molecular formula is C19H20N2OS2. The van der Waals surface area contributed by atoms with Crippen LogP contribution in [0.3, 0.4) is 0 Å². The molecular weight excluding hydrogens is 336 g/mol. The number of aromatic nitrogens is 1. The first kappa shape index (κ1) is 15.8. The van der Waals surface area contributed by atoms with Crippen LogP contribution in [0.1, 0.15) is 37.1 Å². The lowest BCUT2D eigenvalue weighted by Gasteiger charge is -2.12. The Bertz CT molecular complexity index is 874. The highest BCUT2D eigenvalue weighted by Crippen LogP contribution is 2.46. The minimum absolute atomic E-state index is 0.0210. The summed E-state index contributed by atoms with van der Waals surface area (Å²) >= 11 is 3.47. The number of anilines is 1. The summed E-state index contributed by atoms with van der Waals surface area (Å²) < 4.78 is 1.20. The number of thiazole rings is 1. The number of carbonyl (C=O) groups excluding carboxylic acids is 1. The van der Waals surface area contributed by atoms with Crippen molar-refractivity contribution in [2.75, 3.05) is 5.32 Å². The van der Waals surface area contributed by atoms with Gasteiger partial charge in [-0.2, -0.15) is 0 Å². The third-order valence-electron chi connectivity index (χ3n) is 4.44. The molecule has 1 aliphatic rings. The van der Waals surface area contributed by atoms with E-state index in [1.807, 2.05) is 19.9 Å². The lowest BCUT2D eigenvalue weighted by Crippen LogP contribution is -2.17. The molecule has 4 rings (SSSR count). The largest absolute Gasteiger partial charge is 0.317 e. The molecule has 0 aliphatic heterocycles. The van der Waals surface area contributed by atoms with Gasteiger partial charge in [-0.05, 0) is 43.4 Å². The molecule has 5 heteroatoms. The average molecular weight is 357 g/mol. The molecule has 0 spiro atoms. The van der Waals surface area contributed by atoms with Gasteiger partial charge in [0.2, 0.25) is 5.91 Å². The normalized spacial score (nSPS) is 14.1. The van der Waals surface area contributed by atoms with Crippen LogP contribution in [0.2, 0.25) is 0 Å². The molecule has 0 saturated heterocycles.